The first kappa shape index (κ1) is 16.5. The van der Waals surface area contributed by atoms with Crippen molar-refractivity contribution in [2.75, 3.05) is 0 Å². The summed E-state index contributed by atoms with van der Waals surface area (Å²) in [5, 5.41) is 2.80. The summed E-state index contributed by atoms with van der Waals surface area (Å²) in [6.45, 7) is 14.4. The molecule has 111 valence electrons. The number of hydrogen-bond donors (Lipinski definition) is 1. The molecule has 0 aliphatic rings. The molecule has 0 saturated carbocycles. The molecule has 0 fully saturated rings. The minimum Gasteiger partial charge on any atom is -0.444 e. The first-order valence-corrected chi connectivity index (χ1v) is 6.96. The highest BCUT2D eigenvalue weighted by atomic mass is 16.6. The molecule has 0 saturated heterocycles. The second kappa shape index (κ2) is 6.29. The number of carbonyl (C=O) groups excluding carboxylic acids is 1. The van der Waals surface area contributed by atoms with E-state index in [9.17, 15) is 4.79 Å². The highest BCUT2D eigenvalue weighted by Gasteiger charge is 2.17. The first-order chi connectivity index (χ1) is 9.07. The van der Waals surface area contributed by atoms with Gasteiger partial charge in [-0.25, -0.2) is 4.79 Å². The third-order valence-corrected chi connectivity index (χ3v) is 2.61. The number of nitrogens with one attached hydrogen (secondary N) is 1. The van der Waals surface area contributed by atoms with Gasteiger partial charge in [-0.2, -0.15) is 0 Å². The Labute approximate surface area is 122 Å². The fourth-order valence-corrected chi connectivity index (χ4v) is 1.90. The highest BCUT2D eigenvalue weighted by molar-refractivity contribution is 5.67. The smallest absolute Gasteiger partial charge is 0.407 e. The minimum atomic E-state index is -0.473. The summed E-state index contributed by atoms with van der Waals surface area (Å²) in [5.74, 6) is 0. The lowest BCUT2D eigenvalue weighted by Crippen LogP contribution is -2.32. The zero-order valence-corrected chi connectivity index (χ0v) is 13.2. The number of ether oxygens (including phenoxy) is 1. The summed E-state index contributed by atoms with van der Waals surface area (Å²) in [6, 6.07) is 8.10. The summed E-state index contributed by atoms with van der Waals surface area (Å²) in [7, 11) is 0. The van der Waals surface area contributed by atoms with Crippen LogP contribution in [0.15, 0.2) is 24.3 Å². The van der Waals surface area contributed by atoms with Crippen molar-refractivity contribution in [3.05, 3.63) is 42.3 Å². The van der Waals surface area contributed by atoms with Gasteiger partial charge in [0.25, 0.3) is 0 Å². The van der Waals surface area contributed by atoms with E-state index in [-0.39, 0.29) is 11.5 Å². The van der Waals surface area contributed by atoms with Gasteiger partial charge in [0.2, 0.25) is 0 Å². The second-order valence-corrected chi connectivity index (χ2v) is 6.97. The Kier molecular flexibility index (Phi) is 5.21. The third kappa shape index (κ3) is 6.60. The molecule has 0 aliphatic carbocycles. The van der Waals surface area contributed by atoms with Crippen LogP contribution in [0, 0.1) is 12.3 Å². The van der Waals surface area contributed by atoms with Crippen LogP contribution in [0.3, 0.4) is 0 Å². The molecule has 1 aromatic rings. The van der Waals surface area contributed by atoms with Gasteiger partial charge in [-0.3, -0.25) is 0 Å². The van der Waals surface area contributed by atoms with Crippen molar-refractivity contribution < 1.29 is 9.53 Å². The van der Waals surface area contributed by atoms with Crippen LogP contribution in [-0.4, -0.2) is 11.7 Å². The topological polar surface area (TPSA) is 38.3 Å². The maximum absolute atomic E-state index is 11.7. The van der Waals surface area contributed by atoms with Crippen molar-refractivity contribution in [2.24, 2.45) is 5.41 Å². The van der Waals surface area contributed by atoms with Crippen LogP contribution in [0.5, 0.6) is 0 Å². The lowest BCUT2D eigenvalue weighted by molar-refractivity contribution is 0.0523. The molecule has 1 amide bonds. The van der Waals surface area contributed by atoms with Crippen molar-refractivity contribution >= 4 is 6.09 Å². The minimum absolute atomic E-state index is 0.0258. The van der Waals surface area contributed by atoms with Crippen LogP contribution < -0.4 is 5.32 Å². The van der Waals surface area contributed by atoms with Gasteiger partial charge < -0.3 is 10.1 Å². The Morgan fingerprint density at radius 1 is 1.15 bits per heavy atom. The highest BCUT2D eigenvalue weighted by Crippen LogP contribution is 2.22. The molecule has 1 aromatic carbocycles. The average molecular weight is 276 g/mol. The van der Waals surface area contributed by atoms with Crippen LogP contribution in [0.1, 0.15) is 45.7 Å². The average Bonchev–Trinajstić information content (AvgIpc) is 2.23. The van der Waals surface area contributed by atoms with E-state index in [4.69, 9.17) is 4.74 Å². The van der Waals surface area contributed by atoms with E-state index in [1.54, 1.807) is 0 Å². The number of hydrogen-bond acceptors (Lipinski definition) is 2. The second-order valence-electron chi connectivity index (χ2n) is 6.97. The Hall–Kier alpha value is -1.51. The van der Waals surface area contributed by atoms with E-state index in [0.717, 1.165) is 12.0 Å². The molecule has 0 heterocycles. The van der Waals surface area contributed by atoms with Gasteiger partial charge in [0.05, 0.1) is 0 Å². The van der Waals surface area contributed by atoms with Gasteiger partial charge in [-0.15, -0.1) is 0 Å². The van der Waals surface area contributed by atoms with Crippen molar-refractivity contribution in [2.45, 2.75) is 53.2 Å². The van der Waals surface area contributed by atoms with E-state index >= 15 is 0 Å². The maximum atomic E-state index is 11.7. The van der Waals surface area contributed by atoms with Crippen molar-refractivity contribution in [3.63, 3.8) is 0 Å². The first-order valence-electron chi connectivity index (χ1n) is 6.96. The summed E-state index contributed by atoms with van der Waals surface area (Å²) < 4.78 is 5.24. The molecule has 3 heteroatoms. The van der Waals surface area contributed by atoms with Gasteiger partial charge in [-0.05, 0) is 50.7 Å². The van der Waals surface area contributed by atoms with E-state index < -0.39 is 5.60 Å². The molecular formula is C17H26NO2. The Balaban J connectivity index is 2.67. The van der Waals surface area contributed by atoms with Gasteiger partial charge >= 0.3 is 6.09 Å². The number of benzene rings is 1. The summed E-state index contributed by atoms with van der Waals surface area (Å²) in [5.41, 5.74) is 1.82. The van der Waals surface area contributed by atoms with Crippen molar-refractivity contribution in [3.8, 4) is 0 Å². The molecule has 1 radical (unpaired) electrons. The van der Waals surface area contributed by atoms with Gasteiger partial charge in [0.15, 0.2) is 0 Å². The monoisotopic (exact) mass is 276 g/mol. The molecule has 1 N–H and O–H groups in total. The Morgan fingerprint density at radius 3 is 2.20 bits per heavy atom. The predicted octanol–water partition coefficient (Wildman–Crippen LogP) is 4.11. The molecule has 0 unspecified atom stereocenters. The molecule has 0 bridgehead atoms. The fraction of sp³-hybridized carbons (Fsp3) is 0.529. The van der Waals surface area contributed by atoms with Crippen LogP contribution in [0.2, 0.25) is 0 Å². The number of carbonyl (C=O) groups is 1. The number of amides is 1. The zero-order chi connectivity index (χ0) is 15.4. The molecule has 20 heavy (non-hydrogen) atoms. The molecule has 0 aromatic heterocycles. The van der Waals surface area contributed by atoms with E-state index in [1.165, 1.54) is 5.56 Å². The van der Waals surface area contributed by atoms with Gasteiger partial charge in [0.1, 0.15) is 5.60 Å². The molecule has 0 atom stereocenters. The molecular weight excluding hydrogens is 250 g/mol. The predicted molar refractivity (Wildman–Crippen MR) is 82.4 cm³/mol. The Bertz CT molecular complexity index is 453. The van der Waals surface area contributed by atoms with E-state index in [1.807, 2.05) is 39.0 Å². The lowest BCUT2D eigenvalue weighted by atomic mass is 9.86. The van der Waals surface area contributed by atoms with Crippen LogP contribution >= 0.6 is 0 Å². The quantitative estimate of drug-likeness (QED) is 0.898. The molecule has 3 nitrogen and oxygen atoms in total. The van der Waals surface area contributed by atoms with Crippen molar-refractivity contribution in [1.29, 1.82) is 0 Å². The Morgan fingerprint density at radius 2 is 1.70 bits per heavy atom. The molecule has 1 rings (SSSR count). The maximum Gasteiger partial charge on any atom is 0.407 e. The standard InChI is InChI=1S/C17H26NO2/c1-16(2,3)11-13-9-7-8-10-14(13)12-18-15(19)20-17(4,5)6/h7-10H,1,11-12H2,2-6H3,(H,18,19). The molecule has 0 spiro atoms. The lowest BCUT2D eigenvalue weighted by Gasteiger charge is -2.22. The zero-order valence-electron chi connectivity index (χ0n) is 13.2. The van der Waals surface area contributed by atoms with Crippen LogP contribution in [0.25, 0.3) is 0 Å². The molecule has 0 aliphatic heterocycles. The third-order valence-electron chi connectivity index (χ3n) is 2.61. The largest absolute Gasteiger partial charge is 0.444 e. The van der Waals surface area contributed by atoms with E-state index in [0.29, 0.717) is 6.54 Å². The van der Waals surface area contributed by atoms with Crippen LogP contribution in [-0.2, 0) is 17.7 Å². The summed E-state index contributed by atoms with van der Waals surface area (Å²) >= 11 is 0. The fourth-order valence-electron chi connectivity index (χ4n) is 1.90. The normalized spacial score (nSPS) is 12.1. The van der Waals surface area contributed by atoms with Gasteiger partial charge in [0, 0.05) is 6.54 Å². The number of rotatable bonds is 4. The summed E-state index contributed by atoms with van der Waals surface area (Å²) in [6.07, 6.45) is 0.486. The van der Waals surface area contributed by atoms with Crippen molar-refractivity contribution in [1.82, 2.24) is 5.32 Å². The van der Waals surface area contributed by atoms with Gasteiger partial charge in [-0.1, -0.05) is 38.1 Å². The summed E-state index contributed by atoms with van der Waals surface area (Å²) in [4.78, 5) is 11.7. The number of alkyl carbamates (subject to hydrolysis) is 1. The van der Waals surface area contributed by atoms with Crippen LogP contribution in [0.4, 0.5) is 4.79 Å². The van der Waals surface area contributed by atoms with E-state index in [2.05, 4.69) is 32.2 Å². The SMILES string of the molecule is [CH2]C(C)(C)Cc1ccccc1CNC(=O)OC(C)(C)C.